The number of carbonyl (C=O) groups is 3. The summed E-state index contributed by atoms with van der Waals surface area (Å²) >= 11 is 0. The summed E-state index contributed by atoms with van der Waals surface area (Å²) in [5.74, 6) is -1.62. The number of halogens is 1. The van der Waals surface area contributed by atoms with Crippen molar-refractivity contribution < 1.29 is 50.2 Å². The number of nitrogens with zero attached hydrogens (tertiary/aromatic N) is 1. The van der Waals surface area contributed by atoms with E-state index in [1.54, 1.807) is 27.7 Å². The van der Waals surface area contributed by atoms with Crippen molar-refractivity contribution in [2.75, 3.05) is 13.1 Å². The number of hydrogen-bond donors (Lipinski definition) is 0. The van der Waals surface area contributed by atoms with Gasteiger partial charge in [-0.05, 0) is 38.8 Å². The van der Waals surface area contributed by atoms with Crippen molar-refractivity contribution in [1.82, 2.24) is 0 Å². The van der Waals surface area contributed by atoms with Crippen LogP contribution in [0.5, 0.6) is 0 Å². The Kier molecular flexibility index (Phi) is 10.8. The van der Waals surface area contributed by atoms with Crippen molar-refractivity contribution >= 4 is 17.9 Å². The molecular formula is C35H46ClNO7. The van der Waals surface area contributed by atoms with Gasteiger partial charge < -0.3 is 35.8 Å². The van der Waals surface area contributed by atoms with E-state index in [0.29, 0.717) is 23.2 Å². The van der Waals surface area contributed by atoms with Crippen LogP contribution in [0.1, 0.15) is 90.2 Å². The molecule has 5 rings (SSSR count). The fourth-order valence-electron chi connectivity index (χ4n) is 7.59. The molecule has 3 aliphatic heterocycles. The Bertz CT molecular complexity index is 1220. The van der Waals surface area contributed by atoms with E-state index in [4.69, 9.17) is 18.9 Å². The van der Waals surface area contributed by atoms with Crippen LogP contribution in [0.25, 0.3) is 0 Å². The lowest BCUT2D eigenvalue weighted by atomic mass is 9.85. The molecule has 0 radical (unpaired) electrons. The highest BCUT2D eigenvalue weighted by atomic mass is 35.5. The van der Waals surface area contributed by atoms with Crippen molar-refractivity contribution in [3.63, 3.8) is 0 Å². The Labute approximate surface area is 267 Å². The topological polar surface area (TPSA) is 88.1 Å². The minimum atomic E-state index is -1.66. The van der Waals surface area contributed by atoms with Crippen LogP contribution in [0.3, 0.4) is 0 Å². The van der Waals surface area contributed by atoms with E-state index >= 15 is 0 Å². The summed E-state index contributed by atoms with van der Waals surface area (Å²) in [6, 6.07) is 19.6. The van der Waals surface area contributed by atoms with Crippen LogP contribution in [-0.4, -0.2) is 65.6 Å². The molecular weight excluding hydrogens is 582 g/mol. The van der Waals surface area contributed by atoms with Crippen LogP contribution < -0.4 is 12.4 Å². The third-order valence-electron chi connectivity index (χ3n) is 9.27. The highest BCUT2D eigenvalue weighted by molar-refractivity contribution is 5.86. The number of rotatable bonds is 10. The molecule has 3 saturated heterocycles. The highest BCUT2D eigenvalue weighted by Gasteiger charge is 2.57. The fraction of sp³-hybridized carbons (Fsp3) is 0.571. The zero-order chi connectivity index (χ0) is 30.7. The first kappa shape index (κ1) is 33.9. The molecule has 2 aromatic rings. The first-order valence-electron chi connectivity index (χ1n) is 15.8. The van der Waals surface area contributed by atoms with Gasteiger partial charge >= 0.3 is 17.9 Å². The van der Waals surface area contributed by atoms with Crippen LogP contribution in [-0.2, 0) is 38.9 Å². The lowest BCUT2D eigenvalue weighted by Gasteiger charge is -2.47. The van der Waals surface area contributed by atoms with Crippen molar-refractivity contribution in [2.45, 2.75) is 115 Å². The Hall–Kier alpha value is -2.94. The number of esters is 3. The smallest absolute Gasteiger partial charge is 0.348 e. The van der Waals surface area contributed by atoms with Gasteiger partial charge in [-0.3, -0.25) is 9.59 Å². The number of quaternary nitrogens is 1. The number of hydrogen-bond acceptors (Lipinski definition) is 7. The lowest BCUT2D eigenvalue weighted by molar-refractivity contribution is -0.956. The van der Waals surface area contributed by atoms with E-state index in [-0.39, 0.29) is 31.4 Å². The molecule has 8 nitrogen and oxygen atoms in total. The predicted octanol–water partition coefficient (Wildman–Crippen LogP) is 2.81. The van der Waals surface area contributed by atoms with Crippen molar-refractivity contribution in [2.24, 2.45) is 0 Å². The minimum Gasteiger partial charge on any atom is -1.00 e. The first-order chi connectivity index (χ1) is 20.5. The van der Waals surface area contributed by atoms with Crippen LogP contribution in [0.15, 0.2) is 60.7 Å². The lowest BCUT2D eigenvalue weighted by Crippen LogP contribution is -3.00. The van der Waals surface area contributed by atoms with E-state index in [1.807, 2.05) is 60.7 Å². The molecule has 9 heteroatoms. The van der Waals surface area contributed by atoms with Crippen molar-refractivity contribution in [3.05, 3.63) is 71.8 Å². The largest absolute Gasteiger partial charge is 1.00 e. The first-order valence-corrected chi connectivity index (χ1v) is 15.8. The van der Waals surface area contributed by atoms with Gasteiger partial charge in [0.15, 0.2) is 0 Å². The average Bonchev–Trinajstić information content (AvgIpc) is 3.51. The average molecular weight is 628 g/mol. The minimum absolute atomic E-state index is 0. The molecule has 240 valence electrons. The van der Waals surface area contributed by atoms with Gasteiger partial charge in [-0.25, -0.2) is 4.79 Å². The third kappa shape index (κ3) is 7.30. The fourth-order valence-corrected chi connectivity index (χ4v) is 7.59. The van der Waals surface area contributed by atoms with Gasteiger partial charge in [0.25, 0.3) is 0 Å². The molecule has 2 bridgehead atoms. The molecule has 3 fully saturated rings. The van der Waals surface area contributed by atoms with E-state index in [1.165, 1.54) is 43.3 Å². The van der Waals surface area contributed by atoms with Crippen molar-refractivity contribution in [3.8, 4) is 0 Å². The van der Waals surface area contributed by atoms with E-state index in [0.717, 1.165) is 12.8 Å². The zero-order valence-corrected chi connectivity index (χ0v) is 27.1. The maximum Gasteiger partial charge on any atom is 0.348 e. The van der Waals surface area contributed by atoms with E-state index in [2.05, 4.69) is 0 Å². The number of carbonyl (C=O) groups excluding carboxylic acids is 3. The standard InChI is InChI=1S/C35H46NO7.ClH/c1-25(40-31(37)19-20-32(38)43-34(2,3)4)42-35(26-13-7-5-8-14-26,27-15-9-6-10-16-27)33(39)41-30-23-28-17-18-29(24-30)36(28)21-11-12-22-36;/h5-10,13-16,25,28-30H,11-12,17-24H2,1-4H3;1H/q+1;/p-1. The zero-order valence-electron chi connectivity index (χ0n) is 26.3. The maximum atomic E-state index is 14.5. The molecule has 1 spiro atoms. The van der Waals surface area contributed by atoms with Gasteiger partial charge in [-0.2, -0.15) is 0 Å². The Morgan fingerprint density at radius 3 is 1.82 bits per heavy atom. The van der Waals surface area contributed by atoms with Gasteiger partial charge in [0.05, 0.1) is 38.0 Å². The molecule has 3 atom stereocenters. The molecule has 0 aliphatic carbocycles. The Morgan fingerprint density at radius 1 is 0.818 bits per heavy atom. The quantitative estimate of drug-likeness (QED) is 0.173. The highest BCUT2D eigenvalue weighted by Crippen LogP contribution is 2.47. The summed E-state index contributed by atoms with van der Waals surface area (Å²) < 4.78 is 25.0. The second-order valence-electron chi connectivity index (χ2n) is 13.3. The predicted molar refractivity (Wildman–Crippen MR) is 161 cm³/mol. The van der Waals surface area contributed by atoms with Crippen LogP contribution in [0.4, 0.5) is 0 Å². The van der Waals surface area contributed by atoms with Crippen LogP contribution >= 0.6 is 0 Å². The van der Waals surface area contributed by atoms with Gasteiger partial charge in [-0.15, -0.1) is 0 Å². The monoisotopic (exact) mass is 627 g/mol. The Morgan fingerprint density at radius 2 is 1.32 bits per heavy atom. The third-order valence-corrected chi connectivity index (χ3v) is 9.27. The van der Waals surface area contributed by atoms with Gasteiger partial charge in [0.2, 0.25) is 11.9 Å². The molecule has 44 heavy (non-hydrogen) atoms. The maximum absolute atomic E-state index is 14.5. The van der Waals surface area contributed by atoms with Gasteiger partial charge in [0, 0.05) is 38.5 Å². The molecule has 3 aliphatic rings. The molecule has 0 aromatic heterocycles. The molecule has 0 N–H and O–H groups in total. The molecule has 0 amide bonds. The summed E-state index contributed by atoms with van der Waals surface area (Å²) in [6.45, 7) is 9.39. The summed E-state index contributed by atoms with van der Waals surface area (Å²) in [5.41, 5.74) is -1.13. The van der Waals surface area contributed by atoms with Gasteiger partial charge in [-0.1, -0.05) is 60.7 Å². The second kappa shape index (κ2) is 14.0. The van der Waals surface area contributed by atoms with E-state index < -0.39 is 35.4 Å². The Balaban J connectivity index is 0.00000442. The number of piperidine rings is 1. The summed E-state index contributed by atoms with van der Waals surface area (Å²) in [7, 11) is 0. The van der Waals surface area contributed by atoms with E-state index in [9.17, 15) is 14.4 Å². The normalized spacial score (nSPS) is 23.0. The summed E-state index contributed by atoms with van der Waals surface area (Å²) in [6.07, 6.45) is 5.07. The number of benzene rings is 2. The molecule has 3 heterocycles. The molecule has 2 aromatic carbocycles. The number of ether oxygens (including phenoxy) is 4. The summed E-state index contributed by atoms with van der Waals surface area (Å²) in [4.78, 5) is 39.4. The van der Waals surface area contributed by atoms with Crippen LogP contribution in [0, 0.1) is 0 Å². The van der Waals surface area contributed by atoms with Crippen molar-refractivity contribution in [1.29, 1.82) is 0 Å². The second-order valence-corrected chi connectivity index (χ2v) is 13.3. The summed E-state index contributed by atoms with van der Waals surface area (Å²) in [5, 5.41) is 0. The molecule has 0 saturated carbocycles. The SMILES string of the molecule is CC(OC(=O)CCC(=O)OC(C)(C)C)OC(C(=O)OC1CC2CCC(C1)[N+]21CCCC1)(c1ccccc1)c1ccccc1.[Cl-]. The van der Waals surface area contributed by atoms with Gasteiger partial charge in [0.1, 0.15) is 11.7 Å². The van der Waals surface area contributed by atoms with Crippen LogP contribution in [0.2, 0.25) is 0 Å². The molecule has 3 unspecified atom stereocenters.